The number of nitrogens with one attached hydrogen (secondary N) is 2. The highest BCUT2D eigenvalue weighted by molar-refractivity contribution is 5.79. The van der Waals surface area contributed by atoms with Gasteiger partial charge in [0.05, 0.1) is 6.61 Å². The minimum Gasteiger partial charge on any atom is -0.475 e. The maximum absolute atomic E-state index is 5.68. The van der Waals surface area contributed by atoms with Crippen LogP contribution >= 0.6 is 0 Å². The molecular weight excluding hydrogens is 342 g/mol. The third-order valence-electron chi connectivity index (χ3n) is 4.44. The van der Waals surface area contributed by atoms with Gasteiger partial charge in [-0.1, -0.05) is 19.9 Å². The molecule has 0 spiro atoms. The summed E-state index contributed by atoms with van der Waals surface area (Å²) in [6, 6.07) is 4.27. The van der Waals surface area contributed by atoms with E-state index in [0.29, 0.717) is 31.7 Å². The second kappa shape index (κ2) is 14.2. The van der Waals surface area contributed by atoms with E-state index in [1.807, 2.05) is 12.1 Å². The Bertz CT molecular complexity index is 535. The van der Waals surface area contributed by atoms with Crippen LogP contribution in [0.25, 0.3) is 0 Å². The van der Waals surface area contributed by atoms with Crippen LogP contribution in [0.3, 0.4) is 0 Å². The number of aromatic nitrogens is 1. The van der Waals surface area contributed by atoms with E-state index >= 15 is 0 Å². The van der Waals surface area contributed by atoms with Crippen molar-refractivity contribution < 1.29 is 9.47 Å². The zero-order valence-electron chi connectivity index (χ0n) is 17.6. The summed E-state index contributed by atoms with van der Waals surface area (Å²) in [4.78, 5) is 11.1. The monoisotopic (exact) mass is 379 g/mol. The van der Waals surface area contributed by atoms with E-state index in [1.54, 1.807) is 20.4 Å². The van der Waals surface area contributed by atoms with Crippen molar-refractivity contribution in [2.75, 3.05) is 47.0 Å². The molecule has 1 heterocycles. The Morgan fingerprint density at radius 1 is 1.30 bits per heavy atom. The van der Waals surface area contributed by atoms with Crippen LogP contribution < -0.4 is 15.4 Å². The number of hydrogen-bond acceptors (Lipinski definition) is 5. The SMILES string of the molecule is CCN(CC)CCCC(C)NC(=NC)NCc1cccnc1OCCOC. The van der Waals surface area contributed by atoms with Gasteiger partial charge in [-0.25, -0.2) is 4.98 Å². The van der Waals surface area contributed by atoms with Gasteiger partial charge in [0.1, 0.15) is 6.61 Å². The highest BCUT2D eigenvalue weighted by Crippen LogP contribution is 2.13. The van der Waals surface area contributed by atoms with Crippen molar-refractivity contribution in [2.45, 2.75) is 46.2 Å². The summed E-state index contributed by atoms with van der Waals surface area (Å²) in [5.41, 5.74) is 0.991. The van der Waals surface area contributed by atoms with Gasteiger partial charge in [-0.3, -0.25) is 4.99 Å². The number of rotatable bonds is 13. The van der Waals surface area contributed by atoms with E-state index in [0.717, 1.165) is 37.6 Å². The highest BCUT2D eigenvalue weighted by Gasteiger charge is 2.09. The molecule has 27 heavy (non-hydrogen) atoms. The Hall–Kier alpha value is -1.86. The number of ether oxygens (including phenoxy) is 2. The van der Waals surface area contributed by atoms with Gasteiger partial charge in [0.2, 0.25) is 5.88 Å². The van der Waals surface area contributed by atoms with E-state index in [1.165, 1.54) is 6.42 Å². The molecule has 1 aromatic rings. The molecule has 0 aliphatic rings. The highest BCUT2D eigenvalue weighted by atomic mass is 16.5. The second-order valence-corrected chi connectivity index (χ2v) is 6.45. The van der Waals surface area contributed by atoms with E-state index in [-0.39, 0.29) is 0 Å². The molecule has 0 aliphatic carbocycles. The van der Waals surface area contributed by atoms with Gasteiger partial charge in [-0.15, -0.1) is 0 Å². The molecule has 0 saturated heterocycles. The molecule has 0 aliphatic heterocycles. The number of aliphatic imine (C=N–C) groups is 1. The lowest BCUT2D eigenvalue weighted by molar-refractivity contribution is 0.143. The number of methoxy groups -OCH3 is 1. The smallest absolute Gasteiger partial charge is 0.218 e. The van der Waals surface area contributed by atoms with Gasteiger partial charge < -0.3 is 25.0 Å². The van der Waals surface area contributed by atoms with Crippen molar-refractivity contribution in [1.82, 2.24) is 20.5 Å². The second-order valence-electron chi connectivity index (χ2n) is 6.45. The Balaban J connectivity index is 2.43. The van der Waals surface area contributed by atoms with Crippen LogP contribution in [0.15, 0.2) is 23.3 Å². The molecule has 0 amide bonds. The topological polar surface area (TPSA) is 71.0 Å². The lowest BCUT2D eigenvalue weighted by Gasteiger charge is -2.21. The summed E-state index contributed by atoms with van der Waals surface area (Å²) in [5.74, 6) is 1.42. The van der Waals surface area contributed by atoms with E-state index in [9.17, 15) is 0 Å². The minimum atomic E-state index is 0.359. The van der Waals surface area contributed by atoms with Gasteiger partial charge in [0.25, 0.3) is 0 Å². The van der Waals surface area contributed by atoms with Crippen molar-refractivity contribution in [3.05, 3.63) is 23.9 Å². The Morgan fingerprint density at radius 2 is 2.07 bits per heavy atom. The average molecular weight is 380 g/mol. The number of guanidine groups is 1. The lowest BCUT2D eigenvalue weighted by Crippen LogP contribution is -2.42. The van der Waals surface area contributed by atoms with Crippen molar-refractivity contribution >= 4 is 5.96 Å². The molecule has 0 bridgehead atoms. The predicted molar refractivity (Wildman–Crippen MR) is 111 cm³/mol. The Morgan fingerprint density at radius 3 is 2.74 bits per heavy atom. The van der Waals surface area contributed by atoms with Crippen LogP contribution in [0.1, 0.15) is 39.2 Å². The molecule has 7 heteroatoms. The van der Waals surface area contributed by atoms with Gasteiger partial charge in [-0.05, 0) is 45.5 Å². The first-order chi connectivity index (χ1) is 13.1. The molecule has 2 N–H and O–H groups in total. The average Bonchev–Trinajstić information content (AvgIpc) is 2.69. The zero-order chi connectivity index (χ0) is 19.9. The summed E-state index contributed by atoms with van der Waals surface area (Å²) in [6.45, 7) is 11.6. The molecule has 1 unspecified atom stereocenters. The molecule has 0 aromatic carbocycles. The fourth-order valence-corrected chi connectivity index (χ4v) is 2.75. The normalized spacial score (nSPS) is 12.9. The fraction of sp³-hybridized carbons (Fsp3) is 0.700. The van der Waals surface area contributed by atoms with Crippen LogP contribution in [0, 0.1) is 0 Å². The van der Waals surface area contributed by atoms with Crippen LogP contribution in [-0.2, 0) is 11.3 Å². The zero-order valence-corrected chi connectivity index (χ0v) is 17.6. The predicted octanol–water partition coefficient (Wildman–Crippen LogP) is 2.28. The van der Waals surface area contributed by atoms with E-state index in [4.69, 9.17) is 9.47 Å². The summed E-state index contributed by atoms with van der Waals surface area (Å²) in [5, 5.41) is 6.80. The molecular formula is C20H37N5O2. The number of pyridine rings is 1. The molecule has 1 rings (SSSR count). The summed E-state index contributed by atoms with van der Waals surface area (Å²) >= 11 is 0. The molecule has 154 valence electrons. The standard InChI is InChI=1S/C20H37N5O2/c1-6-25(7-2)13-9-10-17(3)24-20(21-4)23-16-18-11-8-12-22-19(18)27-15-14-26-5/h8,11-12,17H,6-7,9-10,13-16H2,1-5H3,(H2,21,23,24). The molecule has 0 radical (unpaired) electrons. The lowest BCUT2D eigenvalue weighted by atomic mass is 10.2. The number of nitrogens with zero attached hydrogens (tertiary/aromatic N) is 3. The van der Waals surface area contributed by atoms with Crippen LogP contribution in [0.2, 0.25) is 0 Å². The van der Waals surface area contributed by atoms with Gasteiger partial charge >= 0.3 is 0 Å². The summed E-state index contributed by atoms with van der Waals surface area (Å²) in [6.07, 6.45) is 4.01. The van der Waals surface area contributed by atoms with Crippen LogP contribution in [-0.4, -0.2) is 68.9 Å². The summed E-state index contributed by atoms with van der Waals surface area (Å²) < 4.78 is 10.7. The Labute approximate surface area is 164 Å². The van der Waals surface area contributed by atoms with Crippen LogP contribution in [0.5, 0.6) is 5.88 Å². The first-order valence-electron chi connectivity index (χ1n) is 9.89. The van der Waals surface area contributed by atoms with Crippen molar-refractivity contribution in [3.8, 4) is 5.88 Å². The third-order valence-corrected chi connectivity index (χ3v) is 4.44. The molecule has 1 aromatic heterocycles. The molecule has 0 saturated carbocycles. The number of hydrogen-bond donors (Lipinski definition) is 2. The van der Waals surface area contributed by atoms with Gasteiger partial charge in [-0.2, -0.15) is 0 Å². The van der Waals surface area contributed by atoms with Gasteiger partial charge in [0.15, 0.2) is 5.96 Å². The van der Waals surface area contributed by atoms with Crippen molar-refractivity contribution in [3.63, 3.8) is 0 Å². The van der Waals surface area contributed by atoms with Crippen molar-refractivity contribution in [1.29, 1.82) is 0 Å². The maximum Gasteiger partial charge on any atom is 0.218 e. The largest absolute Gasteiger partial charge is 0.475 e. The Kier molecular flexibility index (Phi) is 12.2. The third kappa shape index (κ3) is 9.58. The van der Waals surface area contributed by atoms with E-state index < -0.39 is 0 Å². The maximum atomic E-state index is 5.68. The summed E-state index contributed by atoms with van der Waals surface area (Å²) in [7, 11) is 3.44. The van der Waals surface area contributed by atoms with Crippen molar-refractivity contribution in [2.24, 2.45) is 4.99 Å². The molecule has 0 fully saturated rings. The molecule has 1 atom stereocenters. The first kappa shape index (κ1) is 23.2. The minimum absolute atomic E-state index is 0.359. The fourth-order valence-electron chi connectivity index (χ4n) is 2.75. The van der Waals surface area contributed by atoms with Crippen LogP contribution in [0.4, 0.5) is 0 Å². The van der Waals surface area contributed by atoms with Gasteiger partial charge in [0, 0.05) is 38.5 Å². The molecule has 7 nitrogen and oxygen atoms in total. The first-order valence-corrected chi connectivity index (χ1v) is 9.89. The van der Waals surface area contributed by atoms with E-state index in [2.05, 4.69) is 46.3 Å². The quantitative estimate of drug-likeness (QED) is 0.311.